The Morgan fingerprint density at radius 2 is 1.85 bits per heavy atom. The number of hydrogen-bond acceptors (Lipinski definition) is 7. The van der Waals surface area contributed by atoms with Gasteiger partial charge in [0.1, 0.15) is 5.69 Å². The van der Waals surface area contributed by atoms with Crippen LogP contribution in [-0.4, -0.2) is 18.5 Å². The zero-order valence-electron chi connectivity index (χ0n) is 11.8. The molecule has 1 unspecified atom stereocenters. The minimum Gasteiger partial charge on any atom is -0.379 e. The molecule has 9 heteroatoms. The Morgan fingerprint density at radius 3 is 2.35 bits per heavy atom. The topological polar surface area (TPSA) is 100 Å². The van der Waals surface area contributed by atoms with Crippen LogP contribution in [0.4, 0.5) is 0 Å². The molecule has 0 bridgehead atoms. The predicted octanol–water partition coefficient (Wildman–Crippen LogP) is 1.24. The van der Waals surface area contributed by atoms with E-state index >= 15 is 0 Å². The highest BCUT2D eigenvalue weighted by Crippen LogP contribution is 2.24. The maximum Gasteiger partial charge on any atom is 0.456 e. The van der Waals surface area contributed by atoms with Crippen molar-refractivity contribution < 1.29 is 17.4 Å². The average Bonchev–Trinajstić information content (AvgIpc) is 2.86. The van der Waals surface area contributed by atoms with Crippen LogP contribution in [0, 0.1) is 13.8 Å². The maximum atomic E-state index is 12.2. The number of aromatic nitrogens is 3. The quantitative estimate of drug-likeness (QED) is 0.840. The Morgan fingerprint density at radius 1 is 1.20 bits per heavy atom. The van der Waals surface area contributed by atoms with Crippen molar-refractivity contribution in [3.05, 3.63) is 27.8 Å². The first-order valence-corrected chi connectivity index (χ1v) is 6.87. The van der Waals surface area contributed by atoms with Crippen molar-refractivity contribution in [3.63, 3.8) is 0 Å². The number of rotatable bonds is 3. The van der Waals surface area contributed by atoms with Gasteiger partial charge in [-0.05, 0) is 6.92 Å². The lowest BCUT2D eigenvalue weighted by molar-refractivity contribution is 0.368. The maximum absolute atomic E-state index is 12.2. The van der Waals surface area contributed by atoms with Crippen molar-refractivity contribution in [2.24, 2.45) is 0 Å². The molecule has 0 radical (unpaired) electrons. The lowest BCUT2D eigenvalue weighted by Gasteiger charge is -2.15. The van der Waals surface area contributed by atoms with Gasteiger partial charge in [0.25, 0.3) is 0 Å². The molecule has 2 aromatic heterocycles. The molecule has 0 aliphatic carbocycles. The van der Waals surface area contributed by atoms with Crippen molar-refractivity contribution in [1.29, 1.82) is 0 Å². The van der Waals surface area contributed by atoms with Crippen LogP contribution in [0.25, 0.3) is 0 Å². The lowest BCUT2D eigenvalue weighted by Crippen LogP contribution is -2.29. The SMILES string of the molecule is Cc1noc(C)c1OS(=O)n1c(C(C)(C)C)noc1=O. The van der Waals surface area contributed by atoms with E-state index in [0.29, 0.717) is 11.5 Å². The van der Waals surface area contributed by atoms with Gasteiger partial charge < -0.3 is 8.71 Å². The van der Waals surface area contributed by atoms with Crippen LogP contribution in [0.3, 0.4) is 0 Å². The molecule has 2 heterocycles. The third-order valence-electron chi connectivity index (χ3n) is 2.51. The highest BCUT2D eigenvalue weighted by atomic mass is 32.2. The molecule has 0 saturated carbocycles. The van der Waals surface area contributed by atoms with Crippen molar-refractivity contribution in [1.82, 2.24) is 14.3 Å². The summed E-state index contributed by atoms with van der Waals surface area (Å²) in [6, 6.07) is 0. The number of nitrogens with zero attached hydrogens (tertiary/aromatic N) is 3. The second-order valence-corrected chi connectivity index (χ2v) is 6.24. The zero-order chi connectivity index (χ0) is 15.1. The Hall–Kier alpha value is -1.90. The molecule has 2 rings (SSSR count). The summed E-state index contributed by atoms with van der Waals surface area (Å²) in [5.41, 5.74) is -0.0816. The van der Waals surface area contributed by atoms with E-state index in [1.165, 1.54) is 0 Å². The van der Waals surface area contributed by atoms with Crippen LogP contribution in [0.2, 0.25) is 0 Å². The molecule has 0 aromatic carbocycles. The molecule has 110 valence electrons. The molecule has 20 heavy (non-hydrogen) atoms. The smallest absolute Gasteiger partial charge is 0.379 e. The predicted molar refractivity (Wildman–Crippen MR) is 69.6 cm³/mol. The summed E-state index contributed by atoms with van der Waals surface area (Å²) in [6.45, 7) is 8.70. The first-order chi connectivity index (χ1) is 9.21. The average molecular weight is 301 g/mol. The first-order valence-electron chi connectivity index (χ1n) is 5.84. The summed E-state index contributed by atoms with van der Waals surface area (Å²) in [7, 11) is 0. The first kappa shape index (κ1) is 14.5. The van der Waals surface area contributed by atoms with E-state index < -0.39 is 22.4 Å². The molecule has 2 aromatic rings. The normalized spacial score (nSPS) is 13.4. The van der Waals surface area contributed by atoms with Crippen molar-refractivity contribution in [3.8, 4) is 5.75 Å². The Kier molecular flexibility index (Phi) is 3.55. The fourth-order valence-corrected chi connectivity index (χ4v) is 2.58. The van der Waals surface area contributed by atoms with Gasteiger partial charge in [-0.25, -0.2) is 4.79 Å². The molecular weight excluding hydrogens is 286 g/mol. The van der Waals surface area contributed by atoms with Gasteiger partial charge in [0.15, 0.2) is 11.6 Å². The Bertz CT molecular complexity index is 687. The van der Waals surface area contributed by atoms with Gasteiger partial charge in [0, 0.05) is 12.3 Å². The second-order valence-electron chi connectivity index (χ2n) is 5.27. The highest BCUT2D eigenvalue weighted by Gasteiger charge is 2.29. The van der Waals surface area contributed by atoms with E-state index in [0.717, 1.165) is 3.97 Å². The van der Waals surface area contributed by atoms with Gasteiger partial charge in [-0.3, -0.25) is 4.52 Å². The van der Waals surface area contributed by atoms with Crippen LogP contribution in [0.5, 0.6) is 5.75 Å². The van der Waals surface area contributed by atoms with E-state index in [9.17, 15) is 9.00 Å². The van der Waals surface area contributed by atoms with E-state index in [1.807, 2.05) is 20.8 Å². The standard InChI is InChI=1S/C11H15N3O5S/c1-6-8(7(2)17-12-6)19-20(16)14-9(11(3,4)5)13-18-10(14)15/h1-5H3. The summed E-state index contributed by atoms with van der Waals surface area (Å²) in [6.07, 6.45) is 0. The van der Waals surface area contributed by atoms with Crippen molar-refractivity contribution >= 4 is 11.3 Å². The van der Waals surface area contributed by atoms with Gasteiger partial charge in [0.05, 0.1) is 0 Å². The Balaban J connectivity index is 2.41. The third kappa shape index (κ3) is 2.53. The van der Waals surface area contributed by atoms with E-state index in [4.69, 9.17) is 8.71 Å². The second kappa shape index (κ2) is 4.89. The molecule has 0 spiro atoms. The van der Waals surface area contributed by atoms with E-state index in [1.54, 1.807) is 13.8 Å². The molecule has 0 aliphatic rings. The fraction of sp³-hybridized carbons (Fsp3) is 0.545. The van der Waals surface area contributed by atoms with E-state index in [-0.39, 0.29) is 11.6 Å². The van der Waals surface area contributed by atoms with Crippen molar-refractivity contribution in [2.45, 2.75) is 40.0 Å². The Labute approximate surface area is 117 Å². The molecule has 1 atom stereocenters. The van der Waals surface area contributed by atoms with Gasteiger partial charge >= 0.3 is 17.0 Å². The minimum atomic E-state index is -2.12. The molecule has 0 amide bonds. The van der Waals surface area contributed by atoms with Gasteiger partial charge in [-0.1, -0.05) is 31.1 Å². The minimum absolute atomic E-state index is 0.229. The summed E-state index contributed by atoms with van der Waals surface area (Å²) in [4.78, 5) is 11.6. The van der Waals surface area contributed by atoms with Crippen LogP contribution >= 0.6 is 0 Å². The van der Waals surface area contributed by atoms with E-state index in [2.05, 4.69) is 14.8 Å². The van der Waals surface area contributed by atoms with Crippen molar-refractivity contribution in [2.75, 3.05) is 0 Å². The lowest BCUT2D eigenvalue weighted by atomic mass is 9.96. The molecule has 0 fully saturated rings. The van der Waals surface area contributed by atoms with Crippen LogP contribution in [0.15, 0.2) is 13.8 Å². The number of aryl methyl sites for hydroxylation is 2. The fourth-order valence-electron chi connectivity index (χ4n) is 1.52. The molecular formula is C11H15N3O5S. The number of hydrogen-bond donors (Lipinski definition) is 0. The van der Waals surface area contributed by atoms with Crippen LogP contribution in [0.1, 0.15) is 38.0 Å². The molecule has 0 saturated heterocycles. The summed E-state index contributed by atoms with van der Waals surface area (Å²) >= 11 is -2.12. The highest BCUT2D eigenvalue weighted by molar-refractivity contribution is 7.79. The monoisotopic (exact) mass is 301 g/mol. The summed E-state index contributed by atoms with van der Waals surface area (Å²) < 4.78 is 27.8. The molecule has 8 nitrogen and oxygen atoms in total. The summed E-state index contributed by atoms with van der Waals surface area (Å²) in [5, 5.41) is 7.33. The molecule has 0 aliphatic heterocycles. The van der Waals surface area contributed by atoms with Crippen LogP contribution < -0.4 is 9.94 Å². The third-order valence-corrected chi connectivity index (χ3v) is 3.44. The van der Waals surface area contributed by atoms with Gasteiger partial charge in [0.2, 0.25) is 5.75 Å². The zero-order valence-corrected chi connectivity index (χ0v) is 12.6. The van der Waals surface area contributed by atoms with Crippen LogP contribution in [-0.2, 0) is 16.7 Å². The molecule has 0 N–H and O–H groups in total. The van der Waals surface area contributed by atoms with Gasteiger partial charge in [-0.15, -0.1) is 3.97 Å². The largest absolute Gasteiger partial charge is 0.456 e. The van der Waals surface area contributed by atoms with Gasteiger partial charge in [-0.2, -0.15) is 4.21 Å². The summed E-state index contributed by atoms with van der Waals surface area (Å²) in [5.74, 6) is -0.0124.